The van der Waals surface area contributed by atoms with Gasteiger partial charge in [-0.05, 0) is 37.5 Å². The fourth-order valence-corrected chi connectivity index (χ4v) is 3.64. The lowest BCUT2D eigenvalue weighted by molar-refractivity contribution is -0.139. The van der Waals surface area contributed by atoms with E-state index in [1.807, 2.05) is 12.5 Å². The van der Waals surface area contributed by atoms with E-state index in [4.69, 9.17) is 5.11 Å². The zero-order chi connectivity index (χ0) is 14.3. The monoisotopic (exact) mass is 306 g/mol. The Balaban J connectivity index is 2.41. The summed E-state index contributed by atoms with van der Waals surface area (Å²) in [6.07, 6.45) is 7.61. The van der Waals surface area contributed by atoms with Crippen molar-refractivity contribution in [2.75, 3.05) is 18.3 Å². The third kappa shape index (κ3) is 5.52. The minimum Gasteiger partial charge on any atom is -0.480 e. The minimum atomic E-state index is -0.975. The quantitative estimate of drug-likeness (QED) is 0.668. The highest BCUT2D eigenvalue weighted by atomic mass is 32.2. The maximum absolute atomic E-state index is 11.8. The number of hydrogen-bond acceptors (Lipinski definition) is 4. The third-order valence-electron chi connectivity index (χ3n) is 3.29. The summed E-state index contributed by atoms with van der Waals surface area (Å²) < 4.78 is 0. The molecule has 3 atom stereocenters. The number of carboxylic acids is 1. The lowest BCUT2D eigenvalue weighted by Crippen LogP contribution is -2.50. The van der Waals surface area contributed by atoms with Gasteiger partial charge in [-0.15, -0.1) is 0 Å². The number of rotatable bonds is 7. The van der Waals surface area contributed by atoms with Gasteiger partial charge < -0.3 is 15.7 Å². The topological polar surface area (TPSA) is 78.4 Å². The summed E-state index contributed by atoms with van der Waals surface area (Å²) >= 11 is 3.33. The van der Waals surface area contributed by atoms with Crippen molar-refractivity contribution in [1.82, 2.24) is 10.6 Å². The van der Waals surface area contributed by atoms with E-state index >= 15 is 0 Å². The summed E-state index contributed by atoms with van der Waals surface area (Å²) in [6, 6.07) is -1.01. The van der Waals surface area contributed by atoms with E-state index in [1.54, 1.807) is 23.5 Å². The largest absolute Gasteiger partial charge is 0.480 e. The molecular formula is C12H22N2O3S2. The summed E-state index contributed by atoms with van der Waals surface area (Å²) in [5.41, 5.74) is 0. The number of carboxylic acid groups (broad SMARTS) is 1. The molecule has 5 nitrogen and oxygen atoms in total. The molecule has 1 saturated carbocycles. The molecular weight excluding hydrogens is 284 g/mol. The molecule has 0 aromatic heterocycles. The molecule has 2 amide bonds. The van der Waals surface area contributed by atoms with Crippen LogP contribution in [0, 0.1) is 0 Å². The Morgan fingerprint density at radius 3 is 2.68 bits per heavy atom. The van der Waals surface area contributed by atoms with E-state index in [2.05, 4.69) is 10.6 Å². The van der Waals surface area contributed by atoms with E-state index in [0.29, 0.717) is 17.4 Å². The Hall–Kier alpha value is -0.560. The van der Waals surface area contributed by atoms with Crippen LogP contribution in [0.25, 0.3) is 0 Å². The number of nitrogens with one attached hydrogen (secondary N) is 2. The second kappa shape index (κ2) is 8.58. The molecule has 1 fully saturated rings. The molecule has 1 aliphatic rings. The summed E-state index contributed by atoms with van der Waals surface area (Å²) in [7, 11) is 0. The van der Waals surface area contributed by atoms with Gasteiger partial charge in [0.25, 0.3) is 0 Å². The Kier molecular flexibility index (Phi) is 7.45. The van der Waals surface area contributed by atoms with Crippen LogP contribution in [0.1, 0.15) is 25.7 Å². The maximum atomic E-state index is 11.8. The molecule has 0 radical (unpaired) electrons. The zero-order valence-corrected chi connectivity index (χ0v) is 13.0. The molecule has 0 heterocycles. The molecule has 0 spiro atoms. The predicted molar refractivity (Wildman–Crippen MR) is 81.0 cm³/mol. The molecule has 3 N–H and O–H groups in total. The molecule has 1 aliphatic carbocycles. The number of hydrogen-bond donors (Lipinski definition) is 3. The van der Waals surface area contributed by atoms with E-state index in [-0.39, 0.29) is 12.1 Å². The van der Waals surface area contributed by atoms with E-state index in [0.717, 1.165) is 19.3 Å². The second-order valence-corrected chi connectivity index (χ2v) is 6.66. The van der Waals surface area contributed by atoms with Crippen LogP contribution in [0.3, 0.4) is 0 Å². The smallest absolute Gasteiger partial charge is 0.326 e. The van der Waals surface area contributed by atoms with Crippen molar-refractivity contribution in [2.24, 2.45) is 0 Å². The van der Waals surface area contributed by atoms with Crippen LogP contribution >= 0.6 is 23.5 Å². The van der Waals surface area contributed by atoms with Gasteiger partial charge in [0.2, 0.25) is 0 Å². The predicted octanol–water partition coefficient (Wildman–Crippen LogP) is 1.78. The molecule has 110 valence electrons. The van der Waals surface area contributed by atoms with Gasteiger partial charge in [0, 0.05) is 11.3 Å². The lowest BCUT2D eigenvalue weighted by atomic mass is 10.2. The zero-order valence-electron chi connectivity index (χ0n) is 11.3. The highest BCUT2D eigenvalue weighted by Crippen LogP contribution is 2.28. The number of thioether (sulfide) groups is 2. The number of carbonyl (C=O) groups excluding carboxylic acids is 1. The number of aliphatic carboxylic acids is 1. The average Bonchev–Trinajstić information content (AvgIpc) is 2.81. The molecule has 1 rings (SSSR count). The number of carbonyl (C=O) groups is 2. The molecule has 19 heavy (non-hydrogen) atoms. The molecule has 0 aromatic carbocycles. The first kappa shape index (κ1) is 16.5. The molecule has 0 saturated heterocycles. The average molecular weight is 306 g/mol. The fraction of sp³-hybridized carbons (Fsp3) is 0.833. The van der Waals surface area contributed by atoms with Gasteiger partial charge in [-0.25, -0.2) is 9.59 Å². The maximum Gasteiger partial charge on any atom is 0.326 e. The number of amides is 2. The Labute approximate surface area is 122 Å². The Morgan fingerprint density at radius 2 is 2.11 bits per heavy atom. The third-order valence-corrected chi connectivity index (χ3v) is 5.10. The first-order valence-electron chi connectivity index (χ1n) is 6.40. The van der Waals surface area contributed by atoms with Gasteiger partial charge in [-0.3, -0.25) is 0 Å². The molecule has 0 aliphatic heterocycles. The van der Waals surface area contributed by atoms with Crippen LogP contribution in [-0.4, -0.2) is 52.7 Å². The van der Waals surface area contributed by atoms with Crippen molar-refractivity contribution in [3.8, 4) is 0 Å². The van der Waals surface area contributed by atoms with Gasteiger partial charge in [-0.1, -0.05) is 6.42 Å². The summed E-state index contributed by atoms with van der Waals surface area (Å²) in [6.45, 7) is 0. The summed E-state index contributed by atoms with van der Waals surface area (Å²) in [5, 5.41) is 14.9. The van der Waals surface area contributed by atoms with E-state index in [1.165, 1.54) is 0 Å². The van der Waals surface area contributed by atoms with Gasteiger partial charge in [0.1, 0.15) is 6.04 Å². The van der Waals surface area contributed by atoms with Gasteiger partial charge in [0.15, 0.2) is 0 Å². The highest BCUT2D eigenvalue weighted by Gasteiger charge is 2.29. The van der Waals surface area contributed by atoms with Crippen molar-refractivity contribution in [1.29, 1.82) is 0 Å². The minimum absolute atomic E-state index is 0.157. The fourth-order valence-electron chi connectivity index (χ4n) is 2.23. The molecule has 7 heteroatoms. The van der Waals surface area contributed by atoms with Gasteiger partial charge in [-0.2, -0.15) is 23.5 Å². The molecule has 0 aromatic rings. The van der Waals surface area contributed by atoms with Crippen LogP contribution in [0.15, 0.2) is 0 Å². The highest BCUT2D eigenvalue weighted by molar-refractivity contribution is 7.99. The summed E-state index contributed by atoms with van der Waals surface area (Å²) in [5.74, 6) is -0.259. The normalized spacial score (nSPS) is 23.9. The van der Waals surface area contributed by atoms with Crippen LogP contribution in [-0.2, 0) is 4.79 Å². The Bertz CT molecular complexity index is 315. The van der Waals surface area contributed by atoms with Gasteiger partial charge >= 0.3 is 12.0 Å². The van der Waals surface area contributed by atoms with E-state index in [9.17, 15) is 9.59 Å². The SMILES string of the molecule is CSCC[C@H](NC(=O)NC1CCCC1SC)C(=O)O. The van der Waals surface area contributed by atoms with Crippen molar-refractivity contribution < 1.29 is 14.7 Å². The molecule has 0 bridgehead atoms. The lowest BCUT2D eigenvalue weighted by Gasteiger charge is -2.21. The van der Waals surface area contributed by atoms with Crippen LogP contribution in [0.2, 0.25) is 0 Å². The van der Waals surface area contributed by atoms with Crippen molar-refractivity contribution >= 4 is 35.5 Å². The van der Waals surface area contributed by atoms with Crippen molar-refractivity contribution in [3.63, 3.8) is 0 Å². The first-order valence-corrected chi connectivity index (χ1v) is 9.08. The van der Waals surface area contributed by atoms with Crippen LogP contribution in [0.5, 0.6) is 0 Å². The standard InChI is InChI=1S/C12H22N2O3S2/c1-18-7-6-9(11(15)16)14-12(17)13-8-4-3-5-10(8)19-2/h8-10H,3-7H2,1-2H3,(H,15,16)(H2,13,14,17)/t8?,9-,10?/m0/s1. The van der Waals surface area contributed by atoms with E-state index < -0.39 is 12.0 Å². The van der Waals surface area contributed by atoms with Crippen LogP contribution < -0.4 is 10.6 Å². The number of urea groups is 1. The first-order chi connectivity index (χ1) is 9.08. The Morgan fingerprint density at radius 1 is 1.37 bits per heavy atom. The summed E-state index contributed by atoms with van der Waals surface area (Å²) in [4.78, 5) is 22.9. The molecule has 2 unspecified atom stereocenters. The van der Waals surface area contributed by atoms with Gasteiger partial charge in [0.05, 0.1) is 0 Å². The van der Waals surface area contributed by atoms with Crippen molar-refractivity contribution in [2.45, 2.75) is 43.0 Å². The second-order valence-electron chi connectivity index (χ2n) is 4.60. The van der Waals surface area contributed by atoms with Crippen LogP contribution in [0.4, 0.5) is 4.79 Å². The van der Waals surface area contributed by atoms with Crippen molar-refractivity contribution in [3.05, 3.63) is 0 Å².